The standard InChI is InChI=1S/C20H22N4O2/c1-12-6-7-13-11-14(19(25)22-17(13)10-12)8-9-21-20(26)18-15-4-2-3-5-16(15)23-24-18/h6-7,10-11H,2-5,8-9H2,1H3,(H,21,26)(H,22,25)(H,23,24). The molecule has 2 aromatic heterocycles. The van der Waals surface area contributed by atoms with Crippen molar-refractivity contribution >= 4 is 16.8 Å². The molecule has 1 amide bonds. The number of H-pyrrole nitrogens is 2. The molecule has 1 aromatic carbocycles. The van der Waals surface area contributed by atoms with Gasteiger partial charge < -0.3 is 10.3 Å². The fraction of sp³-hybridized carbons (Fsp3) is 0.350. The zero-order chi connectivity index (χ0) is 18.1. The van der Waals surface area contributed by atoms with Gasteiger partial charge in [-0.25, -0.2) is 0 Å². The van der Waals surface area contributed by atoms with Crippen LogP contribution < -0.4 is 10.9 Å². The third-order valence-electron chi connectivity index (χ3n) is 5.03. The second kappa shape index (κ2) is 6.78. The van der Waals surface area contributed by atoms with Gasteiger partial charge in [-0.05, 0) is 62.1 Å². The van der Waals surface area contributed by atoms with Crippen LogP contribution >= 0.6 is 0 Å². The first kappa shape index (κ1) is 16.6. The largest absolute Gasteiger partial charge is 0.350 e. The van der Waals surface area contributed by atoms with Crippen molar-refractivity contribution in [2.24, 2.45) is 0 Å². The van der Waals surface area contributed by atoms with Gasteiger partial charge >= 0.3 is 0 Å². The molecule has 6 heteroatoms. The predicted octanol–water partition coefficient (Wildman–Crippen LogP) is 2.41. The van der Waals surface area contributed by atoms with Gasteiger partial charge in [0, 0.05) is 28.9 Å². The molecular formula is C20H22N4O2. The van der Waals surface area contributed by atoms with Crippen molar-refractivity contribution < 1.29 is 4.79 Å². The van der Waals surface area contributed by atoms with Crippen LogP contribution in [0.25, 0.3) is 10.9 Å². The Labute approximate surface area is 151 Å². The van der Waals surface area contributed by atoms with E-state index in [1.165, 1.54) is 0 Å². The second-order valence-electron chi connectivity index (χ2n) is 6.96. The number of hydrogen-bond donors (Lipinski definition) is 3. The number of aryl methyl sites for hydroxylation is 2. The SMILES string of the molecule is Cc1ccc2cc(CCNC(=O)c3n[nH]c4c3CCCC4)c(=O)[nH]c2c1. The van der Waals surface area contributed by atoms with Crippen LogP contribution in [0.15, 0.2) is 29.1 Å². The number of aromatic amines is 2. The molecule has 0 radical (unpaired) electrons. The molecule has 3 aromatic rings. The fourth-order valence-electron chi connectivity index (χ4n) is 3.61. The number of pyridine rings is 1. The molecule has 0 fully saturated rings. The van der Waals surface area contributed by atoms with Gasteiger partial charge in [-0.2, -0.15) is 5.10 Å². The lowest BCUT2D eigenvalue weighted by molar-refractivity contribution is 0.0948. The van der Waals surface area contributed by atoms with Gasteiger partial charge in [-0.15, -0.1) is 0 Å². The quantitative estimate of drug-likeness (QED) is 0.675. The Morgan fingerprint density at radius 1 is 1.23 bits per heavy atom. The molecule has 0 spiro atoms. The summed E-state index contributed by atoms with van der Waals surface area (Å²) in [7, 11) is 0. The highest BCUT2D eigenvalue weighted by Crippen LogP contribution is 2.22. The van der Waals surface area contributed by atoms with Gasteiger partial charge in [0.15, 0.2) is 5.69 Å². The molecule has 0 saturated heterocycles. The highest BCUT2D eigenvalue weighted by Gasteiger charge is 2.21. The Morgan fingerprint density at radius 3 is 2.96 bits per heavy atom. The topological polar surface area (TPSA) is 90.6 Å². The van der Waals surface area contributed by atoms with Crippen LogP contribution in [0.2, 0.25) is 0 Å². The molecule has 6 nitrogen and oxygen atoms in total. The molecule has 1 aliphatic rings. The van der Waals surface area contributed by atoms with E-state index in [0.29, 0.717) is 24.2 Å². The van der Waals surface area contributed by atoms with Gasteiger partial charge in [-0.3, -0.25) is 14.7 Å². The number of rotatable bonds is 4. The normalized spacial score (nSPS) is 13.6. The number of nitrogens with one attached hydrogen (secondary N) is 3. The van der Waals surface area contributed by atoms with Crippen molar-refractivity contribution in [3.63, 3.8) is 0 Å². The maximum absolute atomic E-state index is 12.4. The van der Waals surface area contributed by atoms with E-state index >= 15 is 0 Å². The van der Waals surface area contributed by atoms with Crippen molar-refractivity contribution in [2.45, 2.75) is 39.0 Å². The van der Waals surface area contributed by atoms with E-state index in [9.17, 15) is 9.59 Å². The number of fused-ring (bicyclic) bond motifs is 2. The molecule has 4 rings (SSSR count). The van der Waals surface area contributed by atoms with E-state index in [2.05, 4.69) is 20.5 Å². The van der Waals surface area contributed by atoms with Crippen LogP contribution in [0.1, 0.15) is 45.7 Å². The Kier molecular flexibility index (Phi) is 4.32. The van der Waals surface area contributed by atoms with Crippen molar-refractivity contribution in [3.05, 3.63) is 62.7 Å². The molecule has 0 atom stereocenters. The lowest BCUT2D eigenvalue weighted by atomic mass is 9.96. The zero-order valence-electron chi connectivity index (χ0n) is 14.8. The summed E-state index contributed by atoms with van der Waals surface area (Å²) in [6.45, 7) is 2.40. The Morgan fingerprint density at radius 2 is 2.08 bits per heavy atom. The number of amides is 1. The van der Waals surface area contributed by atoms with Crippen molar-refractivity contribution in [1.82, 2.24) is 20.5 Å². The molecule has 0 bridgehead atoms. The van der Waals surface area contributed by atoms with Crippen LogP contribution in [-0.2, 0) is 19.3 Å². The fourth-order valence-corrected chi connectivity index (χ4v) is 3.61. The van der Waals surface area contributed by atoms with Crippen molar-refractivity contribution in [1.29, 1.82) is 0 Å². The summed E-state index contributed by atoms with van der Waals surface area (Å²) < 4.78 is 0. The highest BCUT2D eigenvalue weighted by molar-refractivity contribution is 5.94. The van der Waals surface area contributed by atoms with E-state index < -0.39 is 0 Å². The first-order valence-electron chi connectivity index (χ1n) is 9.09. The molecule has 0 unspecified atom stereocenters. The Bertz CT molecular complexity index is 1030. The molecule has 2 heterocycles. The molecule has 26 heavy (non-hydrogen) atoms. The van der Waals surface area contributed by atoms with Crippen LogP contribution in [-0.4, -0.2) is 27.6 Å². The van der Waals surface area contributed by atoms with Crippen LogP contribution in [0.3, 0.4) is 0 Å². The minimum atomic E-state index is -0.169. The van der Waals surface area contributed by atoms with Gasteiger partial charge in [0.1, 0.15) is 0 Å². The molecule has 134 valence electrons. The van der Waals surface area contributed by atoms with Gasteiger partial charge in [0.2, 0.25) is 0 Å². The van der Waals surface area contributed by atoms with E-state index in [4.69, 9.17) is 0 Å². The Balaban J connectivity index is 1.44. The lowest BCUT2D eigenvalue weighted by Crippen LogP contribution is -2.28. The third-order valence-corrected chi connectivity index (χ3v) is 5.03. The maximum atomic E-state index is 12.4. The average Bonchev–Trinajstić information content (AvgIpc) is 3.06. The summed E-state index contributed by atoms with van der Waals surface area (Å²) in [6.07, 6.45) is 4.58. The third kappa shape index (κ3) is 3.14. The van der Waals surface area contributed by atoms with Crippen molar-refractivity contribution in [2.75, 3.05) is 6.54 Å². The number of nitrogens with zero attached hydrogens (tertiary/aromatic N) is 1. The number of aromatic nitrogens is 3. The molecule has 1 aliphatic carbocycles. The number of carbonyl (C=O) groups excluding carboxylic acids is 1. The average molecular weight is 350 g/mol. The molecule has 0 aliphatic heterocycles. The Hall–Kier alpha value is -2.89. The number of carbonyl (C=O) groups is 1. The van der Waals surface area contributed by atoms with E-state index in [0.717, 1.165) is 53.4 Å². The minimum Gasteiger partial charge on any atom is -0.350 e. The molecular weight excluding hydrogens is 328 g/mol. The van der Waals surface area contributed by atoms with Gasteiger partial charge in [0.05, 0.1) is 0 Å². The van der Waals surface area contributed by atoms with E-state index in [1.54, 1.807) is 0 Å². The number of hydrogen-bond acceptors (Lipinski definition) is 3. The first-order valence-corrected chi connectivity index (χ1v) is 9.09. The van der Waals surface area contributed by atoms with Crippen LogP contribution in [0, 0.1) is 6.92 Å². The molecule has 0 saturated carbocycles. The smallest absolute Gasteiger partial charge is 0.272 e. The maximum Gasteiger partial charge on any atom is 0.272 e. The van der Waals surface area contributed by atoms with Crippen LogP contribution in [0.5, 0.6) is 0 Å². The summed E-state index contributed by atoms with van der Waals surface area (Å²) in [5.41, 5.74) is 5.15. The van der Waals surface area contributed by atoms with Gasteiger partial charge in [0.25, 0.3) is 11.5 Å². The van der Waals surface area contributed by atoms with Crippen molar-refractivity contribution in [3.8, 4) is 0 Å². The lowest BCUT2D eigenvalue weighted by Gasteiger charge is -2.11. The van der Waals surface area contributed by atoms with E-state index in [-0.39, 0.29) is 11.5 Å². The second-order valence-corrected chi connectivity index (χ2v) is 6.96. The highest BCUT2D eigenvalue weighted by atomic mass is 16.2. The summed E-state index contributed by atoms with van der Waals surface area (Å²) in [5, 5.41) is 11.1. The minimum absolute atomic E-state index is 0.102. The summed E-state index contributed by atoms with van der Waals surface area (Å²) in [6, 6.07) is 7.88. The zero-order valence-corrected chi connectivity index (χ0v) is 14.8. The van der Waals surface area contributed by atoms with Crippen LogP contribution in [0.4, 0.5) is 0 Å². The summed E-state index contributed by atoms with van der Waals surface area (Å²) in [4.78, 5) is 27.6. The van der Waals surface area contributed by atoms with Gasteiger partial charge in [-0.1, -0.05) is 12.1 Å². The summed E-state index contributed by atoms with van der Waals surface area (Å²) in [5.74, 6) is -0.169. The number of benzene rings is 1. The monoisotopic (exact) mass is 350 g/mol. The first-order chi connectivity index (χ1) is 12.6. The summed E-state index contributed by atoms with van der Waals surface area (Å²) >= 11 is 0. The van der Waals surface area contributed by atoms with E-state index in [1.807, 2.05) is 31.2 Å². The predicted molar refractivity (Wildman–Crippen MR) is 101 cm³/mol. The molecule has 3 N–H and O–H groups in total.